The maximum Gasteiger partial charge on any atom is 0.186 e. The molecule has 4 heteroatoms. The molecular formula is C14H18N2O2. The molecule has 1 aromatic carbocycles. The number of para-hydroxylation sites is 1. The van der Waals surface area contributed by atoms with Crippen LogP contribution in [0.2, 0.25) is 0 Å². The number of aliphatic hydroxyl groups is 1. The maximum atomic E-state index is 12.1. The molecule has 0 aliphatic heterocycles. The zero-order valence-corrected chi connectivity index (χ0v) is 10.9. The van der Waals surface area contributed by atoms with Gasteiger partial charge in [-0.2, -0.15) is 5.10 Å². The first kappa shape index (κ1) is 12.8. The van der Waals surface area contributed by atoms with E-state index in [9.17, 15) is 9.90 Å². The van der Waals surface area contributed by atoms with Crippen molar-refractivity contribution >= 4 is 16.7 Å². The summed E-state index contributed by atoms with van der Waals surface area (Å²) in [7, 11) is 0. The van der Waals surface area contributed by atoms with Crippen molar-refractivity contribution in [1.82, 2.24) is 9.78 Å². The largest absolute Gasteiger partial charge is 0.391 e. The van der Waals surface area contributed by atoms with E-state index in [4.69, 9.17) is 0 Å². The number of rotatable bonds is 4. The quantitative estimate of drug-likeness (QED) is 0.842. The number of hydrogen-bond acceptors (Lipinski definition) is 3. The first-order chi connectivity index (χ1) is 8.50. The van der Waals surface area contributed by atoms with E-state index in [-0.39, 0.29) is 11.7 Å². The van der Waals surface area contributed by atoms with Crippen molar-refractivity contribution in [2.24, 2.45) is 5.92 Å². The summed E-state index contributed by atoms with van der Waals surface area (Å²) in [6, 6.07) is 7.62. The number of ketones is 1. The van der Waals surface area contributed by atoms with Crippen LogP contribution in [0.1, 0.15) is 31.3 Å². The Balaban J connectivity index is 2.57. The van der Waals surface area contributed by atoms with Gasteiger partial charge in [-0.05, 0) is 13.0 Å². The Morgan fingerprint density at radius 2 is 2.00 bits per heavy atom. The van der Waals surface area contributed by atoms with E-state index in [2.05, 4.69) is 5.10 Å². The molecule has 0 amide bonds. The Morgan fingerprint density at radius 3 is 2.61 bits per heavy atom. The second kappa shape index (κ2) is 4.90. The van der Waals surface area contributed by atoms with Gasteiger partial charge < -0.3 is 5.11 Å². The van der Waals surface area contributed by atoms with Crippen LogP contribution in [0.25, 0.3) is 10.9 Å². The molecule has 0 aliphatic rings. The molecular weight excluding hydrogens is 228 g/mol. The summed E-state index contributed by atoms with van der Waals surface area (Å²) in [5.74, 6) is -0.0427. The van der Waals surface area contributed by atoms with E-state index in [1.807, 2.05) is 38.1 Å². The van der Waals surface area contributed by atoms with Crippen LogP contribution in [0.3, 0.4) is 0 Å². The summed E-state index contributed by atoms with van der Waals surface area (Å²) in [5.41, 5.74) is 1.39. The number of aromatic nitrogens is 2. The van der Waals surface area contributed by atoms with Gasteiger partial charge in [-0.15, -0.1) is 0 Å². The average molecular weight is 246 g/mol. The van der Waals surface area contributed by atoms with Gasteiger partial charge in [0, 0.05) is 11.3 Å². The molecule has 1 heterocycles. The molecule has 0 spiro atoms. The monoisotopic (exact) mass is 246 g/mol. The average Bonchev–Trinajstić information content (AvgIpc) is 2.67. The lowest BCUT2D eigenvalue weighted by atomic mass is 10.0. The number of hydrogen-bond donors (Lipinski definition) is 1. The normalized spacial score (nSPS) is 13.2. The molecule has 2 rings (SSSR count). The Hall–Kier alpha value is -1.68. The third-order valence-corrected chi connectivity index (χ3v) is 2.85. The third-order valence-electron chi connectivity index (χ3n) is 2.85. The lowest BCUT2D eigenvalue weighted by Crippen LogP contribution is -2.14. The van der Waals surface area contributed by atoms with Gasteiger partial charge in [0.1, 0.15) is 5.69 Å². The standard InChI is InChI=1S/C14H18N2O2/c1-9(2)14(18)13-11-6-4-5-7-12(11)16(15-13)8-10(3)17/h4-7,9-10,17H,8H2,1-3H3. The molecule has 0 fully saturated rings. The number of carbonyl (C=O) groups excluding carboxylic acids is 1. The molecule has 0 aliphatic carbocycles. The highest BCUT2D eigenvalue weighted by atomic mass is 16.3. The van der Waals surface area contributed by atoms with Crippen LogP contribution >= 0.6 is 0 Å². The lowest BCUT2D eigenvalue weighted by Gasteiger charge is -2.05. The number of aliphatic hydroxyl groups excluding tert-OH is 1. The van der Waals surface area contributed by atoms with Crippen molar-refractivity contribution in [2.75, 3.05) is 0 Å². The number of Topliss-reactive ketones (excluding diaryl/α,β-unsaturated/α-hetero) is 1. The highest BCUT2D eigenvalue weighted by molar-refractivity contribution is 6.06. The minimum atomic E-state index is -0.490. The predicted molar refractivity (Wildman–Crippen MR) is 70.6 cm³/mol. The zero-order valence-electron chi connectivity index (χ0n) is 10.9. The van der Waals surface area contributed by atoms with Gasteiger partial charge in [0.25, 0.3) is 0 Å². The van der Waals surface area contributed by atoms with Crippen LogP contribution in [-0.2, 0) is 6.54 Å². The zero-order chi connectivity index (χ0) is 13.3. The van der Waals surface area contributed by atoms with Crippen molar-refractivity contribution in [2.45, 2.75) is 33.4 Å². The fourth-order valence-corrected chi connectivity index (χ4v) is 1.97. The van der Waals surface area contributed by atoms with E-state index >= 15 is 0 Å². The Kier molecular flexibility index (Phi) is 3.48. The number of carbonyl (C=O) groups is 1. The van der Waals surface area contributed by atoms with Gasteiger partial charge in [0.15, 0.2) is 5.78 Å². The minimum absolute atomic E-state index is 0.0375. The van der Waals surface area contributed by atoms with Crippen LogP contribution in [-0.4, -0.2) is 26.8 Å². The summed E-state index contributed by atoms with van der Waals surface area (Å²) in [6.07, 6.45) is -0.490. The molecule has 0 radical (unpaired) electrons. The molecule has 96 valence electrons. The topological polar surface area (TPSA) is 55.1 Å². The molecule has 0 bridgehead atoms. The first-order valence-corrected chi connectivity index (χ1v) is 6.18. The second-order valence-corrected chi connectivity index (χ2v) is 4.92. The fraction of sp³-hybridized carbons (Fsp3) is 0.429. The highest BCUT2D eigenvalue weighted by Crippen LogP contribution is 2.21. The van der Waals surface area contributed by atoms with Gasteiger partial charge in [0.05, 0.1) is 18.2 Å². The van der Waals surface area contributed by atoms with E-state index in [1.54, 1.807) is 11.6 Å². The molecule has 0 saturated carbocycles. The highest BCUT2D eigenvalue weighted by Gasteiger charge is 2.19. The molecule has 0 saturated heterocycles. The fourth-order valence-electron chi connectivity index (χ4n) is 1.97. The predicted octanol–water partition coefficient (Wildman–Crippen LogP) is 2.26. The Morgan fingerprint density at radius 1 is 1.33 bits per heavy atom. The molecule has 18 heavy (non-hydrogen) atoms. The summed E-state index contributed by atoms with van der Waals surface area (Å²) < 4.78 is 1.70. The number of benzene rings is 1. The van der Waals surface area contributed by atoms with Crippen molar-refractivity contribution in [3.8, 4) is 0 Å². The second-order valence-electron chi connectivity index (χ2n) is 4.92. The Bertz CT molecular complexity index is 570. The van der Waals surface area contributed by atoms with Crippen LogP contribution in [0.5, 0.6) is 0 Å². The van der Waals surface area contributed by atoms with Crippen molar-refractivity contribution in [1.29, 1.82) is 0 Å². The SMILES string of the molecule is CC(O)Cn1nc(C(=O)C(C)C)c2ccccc21. The first-order valence-electron chi connectivity index (χ1n) is 6.18. The van der Waals surface area contributed by atoms with Gasteiger partial charge in [-0.3, -0.25) is 9.48 Å². The van der Waals surface area contributed by atoms with Gasteiger partial charge in [-0.25, -0.2) is 0 Å². The number of fused-ring (bicyclic) bond motifs is 1. The van der Waals surface area contributed by atoms with Crippen molar-refractivity contribution in [3.63, 3.8) is 0 Å². The van der Waals surface area contributed by atoms with E-state index < -0.39 is 6.10 Å². The van der Waals surface area contributed by atoms with Gasteiger partial charge in [-0.1, -0.05) is 32.0 Å². The maximum absolute atomic E-state index is 12.1. The molecule has 1 N–H and O–H groups in total. The van der Waals surface area contributed by atoms with E-state index in [0.29, 0.717) is 12.2 Å². The van der Waals surface area contributed by atoms with E-state index in [1.165, 1.54) is 0 Å². The lowest BCUT2D eigenvalue weighted by molar-refractivity contribution is 0.0933. The van der Waals surface area contributed by atoms with Crippen LogP contribution in [0.4, 0.5) is 0 Å². The molecule has 1 atom stereocenters. The molecule has 1 aromatic heterocycles. The van der Waals surface area contributed by atoms with E-state index in [0.717, 1.165) is 10.9 Å². The summed E-state index contributed by atoms with van der Waals surface area (Å²) in [6.45, 7) is 5.84. The van der Waals surface area contributed by atoms with Crippen LogP contribution in [0, 0.1) is 5.92 Å². The number of nitrogens with zero attached hydrogens (tertiary/aromatic N) is 2. The van der Waals surface area contributed by atoms with Crippen molar-refractivity contribution in [3.05, 3.63) is 30.0 Å². The molecule has 4 nitrogen and oxygen atoms in total. The third kappa shape index (κ3) is 2.29. The van der Waals surface area contributed by atoms with Crippen molar-refractivity contribution < 1.29 is 9.90 Å². The van der Waals surface area contributed by atoms with Gasteiger partial charge >= 0.3 is 0 Å². The smallest absolute Gasteiger partial charge is 0.186 e. The van der Waals surface area contributed by atoms with Crippen LogP contribution < -0.4 is 0 Å². The summed E-state index contributed by atoms with van der Waals surface area (Å²) >= 11 is 0. The molecule has 2 aromatic rings. The Labute approximate surface area is 106 Å². The summed E-state index contributed by atoms with van der Waals surface area (Å²) in [5, 5.41) is 14.7. The van der Waals surface area contributed by atoms with Gasteiger partial charge in [0.2, 0.25) is 0 Å². The molecule has 1 unspecified atom stereocenters. The van der Waals surface area contributed by atoms with Crippen LogP contribution in [0.15, 0.2) is 24.3 Å². The minimum Gasteiger partial charge on any atom is -0.391 e. The summed E-state index contributed by atoms with van der Waals surface area (Å²) in [4.78, 5) is 12.1.